The summed E-state index contributed by atoms with van der Waals surface area (Å²) in [6, 6.07) is 16.9. The van der Waals surface area contributed by atoms with Crippen LogP contribution in [0.25, 0.3) is 0 Å². The van der Waals surface area contributed by atoms with Crippen LogP contribution in [-0.4, -0.2) is 25.7 Å². The largest absolute Gasteiger partial charge is 0.490 e. The Bertz CT molecular complexity index is 598. The number of nitrogens with zero attached hydrogens (tertiary/aromatic N) is 1. The number of fused-ring (bicyclic) bond motifs is 1. The first kappa shape index (κ1) is 12.5. The van der Waals surface area contributed by atoms with Gasteiger partial charge in [0.25, 0.3) is 5.91 Å². The van der Waals surface area contributed by atoms with Crippen LogP contribution >= 0.6 is 0 Å². The standard InChI is InChI=1S/C16H15NO3/c18-16(12-20-13-6-2-1-3-7-13)17-10-11-19-15-9-5-4-8-14(15)17/h1-9H,10-12H2. The fourth-order valence-corrected chi connectivity index (χ4v) is 2.17. The molecule has 0 radical (unpaired) electrons. The van der Waals surface area contributed by atoms with Gasteiger partial charge in [-0.1, -0.05) is 30.3 Å². The molecule has 0 fully saturated rings. The highest BCUT2D eigenvalue weighted by atomic mass is 16.5. The first-order valence-corrected chi connectivity index (χ1v) is 6.54. The normalized spacial score (nSPS) is 13.3. The highest BCUT2D eigenvalue weighted by Crippen LogP contribution is 2.30. The molecule has 20 heavy (non-hydrogen) atoms. The topological polar surface area (TPSA) is 38.8 Å². The van der Waals surface area contributed by atoms with Crippen molar-refractivity contribution in [2.45, 2.75) is 0 Å². The maximum absolute atomic E-state index is 12.3. The number of hydrogen-bond donors (Lipinski definition) is 0. The number of para-hydroxylation sites is 3. The van der Waals surface area contributed by atoms with Crippen LogP contribution in [0.3, 0.4) is 0 Å². The Morgan fingerprint density at radius 1 is 1.10 bits per heavy atom. The number of ether oxygens (including phenoxy) is 2. The lowest BCUT2D eigenvalue weighted by molar-refractivity contribution is -0.120. The Hall–Kier alpha value is -2.49. The lowest BCUT2D eigenvalue weighted by atomic mass is 10.2. The Balaban J connectivity index is 1.69. The van der Waals surface area contributed by atoms with E-state index in [0.717, 1.165) is 11.4 Å². The first-order valence-electron chi connectivity index (χ1n) is 6.54. The zero-order chi connectivity index (χ0) is 13.8. The minimum absolute atomic E-state index is 0.0261. The van der Waals surface area contributed by atoms with E-state index in [1.807, 2.05) is 54.6 Å². The summed E-state index contributed by atoms with van der Waals surface area (Å²) in [5.74, 6) is 1.37. The van der Waals surface area contributed by atoms with Gasteiger partial charge in [0.2, 0.25) is 0 Å². The number of anilines is 1. The van der Waals surface area contributed by atoms with Crippen LogP contribution in [0.2, 0.25) is 0 Å². The van der Waals surface area contributed by atoms with E-state index >= 15 is 0 Å². The molecular weight excluding hydrogens is 254 g/mol. The van der Waals surface area contributed by atoms with Gasteiger partial charge in [-0.05, 0) is 24.3 Å². The third kappa shape index (κ3) is 2.59. The lowest BCUT2D eigenvalue weighted by Crippen LogP contribution is -2.40. The molecule has 0 saturated heterocycles. The molecule has 0 N–H and O–H groups in total. The van der Waals surface area contributed by atoms with Gasteiger partial charge in [-0.2, -0.15) is 0 Å². The summed E-state index contributed by atoms with van der Waals surface area (Å²) in [5, 5.41) is 0. The highest BCUT2D eigenvalue weighted by Gasteiger charge is 2.23. The summed E-state index contributed by atoms with van der Waals surface area (Å²) in [7, 11) is 0. The van der Waals surface area contributed by atoms with Gasteiger partial charge in [0, 0.05) is 0 Å². The van der Waals surface area contributed by atoms with Gasteiger partial charge in [-0.3, -0.25) is 4.79 Å². The maximum atomic E-state index is 12.3. The number of hydrogen-bond acceptors (Lipinski definition) is 3. The molecule has 0 spiro atoms. The van der Waals surface area contributed by atoms with Gasteiger partial charge in [-0.25, -0.2) is 0 Å². The molecule has 3 rings (SSSR count). The Kier molecular flexibility index (Phi) is 3.54. The van der Waals surface area contributed by atoms with Crippen LogP contribution in [0.1, 0.15) is 0 Å². The van der Waals surface area contributed by atoms with E-state index < -0.39 is 0 Å². The van der Waals surface area contributed by atoms with Gasteiger partial charge >= 0.3 is 0 Å². The van der Waals surface area contributed by atoms with Gasteiger partial charge in [-0.15, -0.1) is 0 Å². The summed E-state index contributed by atoms with van der Waals surface area (Å²) in [4.78, 5) is 14.0. The SMILES string of the molecule is O=C(COc1ccccc1)N1CCOc2ccccc21. The fourth-order valence-electron chi connectivity index (χ4n) is 2.17. The van der Waals surface area contributed by atoms with Gasteiger partial charge in [0.05, 0.1) is 12.2 Å². The van der Waals surface area contributed by atoms with Gasteiger partial charge < -0.3 is 14.4 Å². The summed E-state index contributed by atoms with van der Waals surface area (Å²) >= 11 is 0. The average Bonchev–Trinajstić information content (AvgIpc) is 2.53. The number of carbonyl (C=O) groups is 1. The summed E-state index contributed by atoms with van der Waals surface area (Å²) in [6.07, 6.45) is 0. The van der Waals surface area contributed by atoms with Crippen molar-refractivity contribution in [3.8, 4) is 11.5 Å². The van der Waals surface area contributed by atoms with Crippen molar-refractivity contribution in [3.63, 3.8) is 0 Å². The first-order chi connectivity index (χ1) is 9.84. The van der Waals surface area contributed by atoms with Crippen molar-refractivity contribution >= 4 is 11.6 Å². The quantitative estimate of drug-likeness (QED) is 0.859. The van der Waals surface area contributed by atoms with E-state index in [4.69, 9.17) is 9.47 Å². The van der Waals surface area contributed by atoms with Crippen molar-refractivity contribution in [2.75, 3.05) is 24.7 Å². The molecule has 102 valence electrons. The molecule has 4 nitrogen and oxygen atoms in total. The highest BCUT2D eigenvalue weighted by molar-refractivity contribution is 5.96. The second-order valence-electron chi connectivity index (χ2n) is 4.46. The molecule has 1 aliphatic rings. The Labute approximate surface area is 117 Å². The monoisotopic (exact) mass is 269 g/mol. The zero-order valence-corrected chi connectivity index (χ0v) is 11.0. The van der Waals surface area contributed by atoms with Crippen LogP contribution in [0, 0.1) is 0 Å². The predicted octanol–water partition coefficient (Wildman–Crippen LogP) is 2.49. The molecule has 2 aromatic rings. The fraction of sp³-hybridized carbons (Fsp3) is 0.188. The third-order valence-corrected chi connectivity index (χ3v) is 3.14. The Morgan fingerprint density at radius 2 is 1.85 bits per heavy atom. The molecule has 0 aliphatic carbocycles. The molecule has 0 unspecified atom stereocenters. The number of amides is 1. The third-order valence-electron chi connectivity index (χ3n) is 3.14. The van der Waals surface area contributed by atoms with E-state index in [0.29, 0.717) is 18.9 Å². The van der Waals surface area contributed by atoms with Gasteiger partial charge in [0.1, 0.15) is 18.1 Å². The molecular formula is C16H15NO3. The van der Waals surface area contributed by atoms with Crippen molar-refractivity contribution < 1.29 is 14.3 Å². The molecule has 1 aliphatic heterocycles. The molecule has 4 heteroatoms. The number of benzene rings is 2. The minimum atomic E-state index is -0.0652. The second-order valence-corrected chi connectivity index (χ2v) is 4.46. The van der Waals surface area contributed by atoms with Gasteiger partial charge in [0.15, 0.2) is 6.61 Å². The number of rotatable bonds is 3. The molecule has 1 heterocycles. The molecule has 0 saturated carbocycles. The van der Waals surface area contributed by atoms with E-state index in [9.17, 15) is 4.79 Å². The van der Waals surface area contributed by atoms with E-state index in [1.165, 1.54) is 0 Å². The van der Waals surface area contributed by atoms with Crippen LogP contribution in [0.4, 0.5) is 5.69 Å². The Morgan fingerprint density at radius 3 is 2.70 bits per heavy atom. The second kappa shape index (κ2) is 5.65. The lowest BCUT2D eigenvalue weighted by Gasteiger charge is -2.29. The van der Waals surface area contributed by atoms with E-state index in [-0.39, 0.29) is 12.5 Å². The number of carbonyl (C=O) groups excluding carboxylic acids is 1. The van der Waals surface area contributed by atoms with Crippen molar-refractivity contribution in [1.82, 2.24) is 0 Å². The molecule has 1 amide bonds. The van der Waals surface area contributed by atoms with E-state index in [1.54, 1.807) is 4.90 Å². The van der Waals surface area contributed by atoms with Crippen LogP contribution < -0.4 is 14.4 Å². The summed E-state index contributed by atoms with van der Waals surface area (Å²) in [6.45, 7) is 1.08. The van der Waals surface area contributed by atoms with Crippen LogP contribution in [0.15, 0.2) is 54.6 Å². The molecule has 0 aromatic heterocycles. The molecule has 0 atom stereocenters. The maximum Gasteiger partial charge on any atom is 0.265 e. The zero-order valence-electron chi connectivity index (χ0n) is 11.0. The minimum Gasteiger partial charge on any atom is -0.490 e. The van der Waals surface area contributed by atoms with Crippen molar-refractivity contribution in [2.24, 2.45) is 0 Å². The summed E-state index contributed by atoms with van der Waals surface area (Å²) < 4.78 is 11.0. The average molecular weight is 269 g/mol. The van der Waals surface area contributed by atoms with E-state index in [2.05, 4.69) is 0 Å². The van der Waals surface area contributed by atoms with Crippen molar-refractivity contribution in [1.29, 1.82) is 0 Å². The van der Waals surface area contributed by atoms with Crippen LogP contribution in [-0.2, 0) is 4.79 Å². The van der Waals surface area contributed by atoms with Crippen LogP contribution in [0.5, 0.6) is 11.5 Å². The smallest absolute Gasteiger partial charge is 0.265 e. The molecule has 0 bridgehead atoms. The molecule has 2 aromatic carbocycles. The predicted molar refractivity (Wildman–Crippen MR) is 76.2 cm³/mol. The van der Waals surface area contributed by atoms with Crippen molar-refractivity contribution in [3.05, 3.63) is 54.6 Å². The summed E-state index contributed by atoms with van der Waals surface area (Å²) in [5.41, 5.74) is 0.806.